The number of carbonyl (C=O) groups excluding carboxylic acids is 1. The smallest absolute Gasteiger partial charge is 0.416 e. The van der Waals surface area contributed by atoms with E-state index in [0.29, 0.717) is 40.5 Å². The molecule has 0 saturated carbocycles. The van der Waals surface area contributed by atoms with Crippen LogP contribution in [0.3, 0.4) is 0 Å². The number of aldehydes is 1. The van der Waals surface area contributed by atoms with Crippen LogP contribution in [0.15, 0.2) is 54.7 Å². The summed E-state index contributed by atoms with van der Waals surface area (Å²) < 4.78 is 44.2. The Morgan fingerprint density at radius 2 is 1.82 bits per heavy atom. The van der Waals surface area contributed by atoms with E-state index in [9.17, 15) is 18.0 Å². The Bertz CT molecular complexity index is 1320. The molecule has 0 amide bonds. The molecule has 0 aliphatic carbocycles. The van der Waals surface area contributed by atoms with Crippen LogP contribution in [0.5, 0.6) is 5.75 Å². The number of ether oxygens (including phenoxy) is 1. The predicted octanol–water partition coefficient (Wildman–Crippen LogP) is 5.35. The van der Waals surface area contributed by atoms with Crippen LogP contribution >= 0.6 is 0 Å². The number of nitrogens with zero attached hydrogens (tertiary/aromatic N) is 3. The summed E-state index contributed by atoms with van der Waals surface area (Å²) in [5.41, 5.74) is 2.75. The van der Waals surface area contributed by atoms with Crippen molar-refractivity contribution in [3.05, 3.63) is 71.7 Å². The number of anilines is 2. The molecule has 0 radical (unpaired) electrons. The van der Waals surface area contributed by atoms with E-state index in [1.54, 1.807) is 31.5 Å². The molecule has 34 heavy (non-hydrogen) atoms. The minimum absolute atomic E-state index is 0.0327. The van der Waals surface area contributed by atoms with Crippen molar-refractivity contribution in [1.82, 2.24) is 19.9 Å². The highest BCUT2D eigenvalue weighted by Crippen LogP contribution is 2.33. The van der Waals surface area contributed by atoms with Crippen LogP contribution in [0, 0.1) is 6.92 Å². The first kappa shape index (κ1) is 23.0. The SMILES string of the molecule is COc1cc(Nc2nc(CC=O)cc(-c3ccc(C(F)(F)F)cc3)n2)ccc1-c1nc(C)c[nH]1. The number of hydrogen-bond acceptors (Lipinski definition) is 6. The summed E-state index contributed by atoms with van der Waals surface area (Å²) in [5.74, 6) is 1.42. The number of aromatic nitrogens is 4. The first-order chi connectivity index (χ1) is 16.3. The second-order valence-electron chi connectivity index (χ2n) is 7.44. The van der Waals surface area contributed by atoms with Crippen molar-refractivity contribution in [2.45, 2.75) is 19.5 Å². The Morgan fingerprint density at radius 1 is 1.06 bits per heavy atom. The molecule has 0 atom stereocenters. The molecule has 4 rings (SSSR count). The van der Waals surface area contributed by atoms with Gasteiger partial charge in [0.05, 0.1) is 35.3 Å². The molecule has 4 aromatic rings. The summed E-state index contributed by atoms with van der Waals surface area (Å²) in [4.78, 5) is 27.4. The molecule has 2 aromatic carbocycles. The molecule has 0 saturated heterocycles. The van der Waals surface area contributed by atoms with Gasteiger partial charge in [0.15, 0.2) is 0 Å². The van der Waals surface area contributed by atoms with Gasteiger partial charge in [0.2, 0.25) is 5.95 Å². The van der Waals surface area contributed by atoms with Crippen LogP contribution in [0.1, 0.15) is 17.0 Å². The van der Waals surface area contributed by atoms with Gasteiger partial charge in [-0.1, -0.05) is 12.1 Å². The van der Waals surface area contributed by atoms with Crippen molar-refractivity contribution < 1.29 is 22.7 Å². The summed E-state index contributed by atoms with van der Waals surface area (Å²) in [6.45, 7) is 1.88. The summed E-state index contributed by atoms with van der Waals surface area (Å²) in [7, 11) is 1.54. The highest BCUT2D eigenvalue weighted by molar-refractivity contribution is 5.71. The molecule has 2 N–H and O–H groups in total. The molecule has 0 unspecified atom stereocenters. The number of benzene rings is 2. The third-order valence-corrected chi connectivity index (χ3v) is 5.00. The molecule has 2 aromatic heterocycles. The van der Waals surface area contributed by atoms with Gasteiger partial charge in [-0.25, -0.2) is 15.0 Å². The number of H-pyrrole nitrogens is 1. The zero-order valence-electron chi connectivity index (χ0n) is 18.3. The Labute approximate surface area is 193 Å². The Morgan fingerprint density at radius 3 is 2.44 bits per heavy atom. The average molecular weight is 467 g/mol. The molecule has 0 fully saturated rings. The van der Waals surface area contributed by atoms with E-state index in [4.69, 9.17) is 4.74 Å². The number of halogens is 3. The zero-order valence-corrected chi connectivity index (χ0v) is 18.3. The number of carbonyl (C=O) groups is 1. The average Bonchev–Trinajstić information content (AvgIpc) is 3.24. The second-order valence-corrected chi connectivity index (χ2v) is 7.44. The monoisotopic (exact) mass is 467 g/mol. The van der Waals surface area contributed by atoms with E-state index in [1.165, 1.54) is 12.1 Å². The predicted molar refractivity (Wildman–Crippen MR) is 121 cm³/mol. The molecular formula is C24H20F3N5O2. The largest absolute Gasteiger partial charge is 0.496 e. The Balaban J connectivity index is 1.66. The van der Waals surface area contributed by atoms with Crippen molar-refractivity contribution in [2.24, 2.45) is 0 Å². The topological polar surface area (TPSA) is 92.8 Å². The molecule has 10 heteroatoms. The van der Waals surface area contributed by atoms with Gasteiger partial charge < -0.3 is 19.8 Å². The third-order valence-electron chi connectivity index (χ3n) is 5.00. The molecule has 2 heterocycles. The fourth-order valence-electron chi connectivity index (χ4n) is 3.37. The quantitative estimate of drug-likeness (QED) is 0.356. The molecule has 174 valence electrons. The molecule has 0 aliphatic heterocycles. The molecule has 0 aliphatic rings. The third kappa shape index (κ3) is 5.06. The number of nitrogens with one attached hydrogen (secondary N) is 2. The van der Waals surface area contributed by atoms with E-state index < -0.39 is 11.7 Å². The van der Waals surface area contributed by atoms with Crippen LogP contribution < -0.4 is 10.1 Å². The van der Waals surface area contributed by atoms with E-state index in [0.717, 1.165) is 23.4 Å². The number of aryl methyl sites for hydroxylation is 1. The fraction of sp³-hybridized carbons (Fsp3) is 0.167. The minimum Gasteiger partial charge on any atom is -0.496 e. The number of rotatable bonds is 7. The number of aromatic amines is 1. The normalized spacial score (nSPS) is 11.3. The van der Waals surface area contributed by atoms with Crippen LogP contribution in [0.2, 0.25) is 0 Å². The zero-order chi connectivity index (χ0) is 24.3. The van der Waals surface area contributed by atoms with Gasteiger partial charge in [0.25, 0.3) is 0 Å². The van der Waals surface area contributed by atoms with Crippen LogP contribution in [0.4, 0.5) is 24.8 Å². The van der Waals surface area contributed by atoms with E-state index >= 15 is 0 Å². The number of hydrogen-bond donors (Lipinski definition) is 2. The maximum absolute atomic E-state index is 12.9. The van der Waals surface area contributed by atoms with Crippen molar-refractivity contribution >= 4 is 17.9 Å². The summed E-state index contributed by atoms with van der Waals surface area (Å²) in [6, 6.07) is 11.6. The molecule has 0 spiro atoms. The standard InChI is InChI=1S/C24H20F3N5O2/c1-14-13-28-22(29-14)19-8-7-17(12-21(19)34-2)30-23-31-18(9-10-33)11-20(32-23)15-3-5-16(6-4-15)24(25,26)27/h3-8,10-13H,9H2,1-2H3,(H,28,29)(H,30,31,32). The maximum Gasteiger partial charge on any atom is 0.416 e. The molecule has 7 nitrogen and oxygen atoms in total. The minimum atomic E-state index is -4.43. The lowest BCUT2D eigenvalue weighted by Crippen LogP contribution is -2.05. The maximum atomic E-state index is 12.9. The number of imidazole rings is 1. The van der Waals surface area contributed by atoms with Gasteiger partial charge in [0.1, 0.15) is 17.9 Å². The fourth-order valence-corrected chi connectivity index (χ4v) is 3.37. The molecule has 0 bridgehead atoms. The van der Waals surface area contributed by atoms with Gasteiger partial charge in [-0.05, 0) is 37.3 Å². The summed E-state index contributed by atoms with van der Waals surface area (Å²) in [5, 5.41) is 3.08. The van der Waals surface area contributed by atoms with Crippen LogP contribution in [-0.2, 0) is 17.4 Å². The number of methoxy groups -OCH3 is 1. The Hall–Kier alpha value is -4.21. The highest BCUT2D eigenvalue weighted by atomic mass is 19.4. The summed E-state index contributed by atoms with van der Waals surface area (Å²) in [6.07, 6.45) is -1.91. The number of alkyl halides is 3. The van der Waals surface area contributed by atoms with Crippen molar-refractivity contribution in [2.75, 3.05) is 12.4 Å². The van der Waals surface area contributed by atoms with Crippen LogP contribution in [-0.4, -0.2) is 33.3 Å². The molecular weight excluding hydrogens is 447 g/mol. The lowest BCUT2D eigenvalue weighted by atomic mass is 10.1. The van der Waals surface area contributed by atoms with E-state index in [2.05, 4.69) is 25.3 Å². The van der Waals surface area contributed by atoms with Gasteiger partial charge in [-0.2, -0.15) is 13.2 Å². The van der Waals surface area contributed by atoms with E-state index in [-0.39, 0.29) is 12.4 Å². The Kier molecular flexibility index (Phi) is 6.31. The first-order valence-corrected chi connectivity index (χ1v) is 10.2. The van der Waals surface area contributed by atoms with Crippen molar-refractivity contribution in [3.8, 4) is 28.4 Å². The van der Waals surface area contributed by atoms with Crippen LogP contribution in [0.25, 0.3) is 22.6 Å². The van der Waals surface area contributed by atoms with Gasteiger partial charge in [0, 0.05) is 29.9 Å². The lowest BCUT2D eigenvalue weighted by molar-refractivity contribution is -0.137. The van der Waals surface area contributed by atoms with Gasteiger partial charge in [-0.15, -0.1) is 0 Å². The van der Waals surface area contributed by atoms with E-state index in [1.807, 2.05) is 13.0 Å². The van der Waals surface area contributed by atoms with Crippen molar-refractivity contribution in [3.63, 3.8) is 0 Å². The highest BCUT2D eigenvalue weighted by Gasteiger charge is 2.30. The van der Waals surface area contributed by atoms with Gasteiger partial charge >= 0.3 is 6.18 Å². The van der Waals surface area contributed by atoms with Gasteiger partial charge in [-0.3, -0.25) is 0 Å². The van der Waals surface area contributed by atoms with Crippen molar-refractivity contribution in [1.29, 1.82) is 0 Å². The lowest BCUT2D eigenvalue weighted by Gasteiger charge is -2.12. The first-order valence-electron chi connectivity index (χ1n) is 10.2. The second kappa shape index (κ2) is 9.34. The summed E-state index contributed by atoms with van der Waals surface area (Å²) >= 11 is 0.